The van der Waals surface area contributed by atoms with Gasteiger partial charge in [0.15, 0.2) is 5.78 Å². The molecule has 102 valence electrons. The van der Waals surface area contributed by atoms with Gasteiger partial charge in [0.25, 0.3) is 5.56 Å². The van der Waals surface area contributed by atoms with Crippen LogP contribution in [-0.2, 0) is 0 Å². The molecular formula is C15H13NO4. The number of carbonyl (C=O) groups is 1. The van der Waals surface area contributed by atoms with Crippen molar-refractivity contribution in [2.24, 2.45) is 0 Å². The van der Waals surface area contributed by atoms with Gasteiger partial charge in [0.1, 0.15) is 17.1 Å². The van der Waals surface area contributed by atoms with E-state index in [4.69, 9.17) is 0 Å². The minimum atomic E-state index is -0.631. The molecule has 0 unspecified atom stereocenters. The lowest BCUT2D eigenvalue weighted by Crippen LogP contribution is -2.17. The first-order chi connectivity index (χ1) is 9.47. The highest BCUT2D eigenvalue weighted by Gasteiger charge is 2.13. The number of carbonyl (C=O) groups excluding carboxylic acids is 1. The Bertz CT molecular complexity index is 744. The fraction of sp³-hybridized carbons (Fsp3) is 0.0667. The fourth-order valence-electron chi connectivity index (χ4n) is 1.79. The summed E-state index contributed by atoms with van der Waals surface area (Å²) in [6.45, 7) is 1.61. The van der Waals surface area contributed by atoms with Crippen LogP contribution in [0.25, 0.3) is 6.08 Å². The average Bonchev–Trinajstić information content (AvgIpc) is 2.35. The number of pyridine rings is 1. The third kappa shape index (κ3) is 2.95. The number of ketones is 1. The van der Waals surface area contributed by atoms with Crippen LogP contribution in [0.4, 0.5) is 0 Å². The maximum atomic E-state index is 11.9. The van der Waals surface area contributed by atoms with E-state index in [0.717, 1.165) is 0 Å². The van der Waals surface area contributed by atoms with Gasteiger partial charge in [-0.15, -0.1) is 0 Å². The fourth-order valence-corrected chi connectivity index (χ4v) is 1.79. The van der Waals surface area contributed by atoms with Gasteiger partial charge in [0.2, 0.25) is 0 Å². The normalized spacial score (nSPS) is 10.8. The first-order valence-electron chi connectivity index (χ1n) is 5.91. The van der Waals surface area contributed by atoms with Crippen molar-refractivity contribution in [3.05, 3.63) is 63.6 Å². The van der Waals surface area contributed by atoms with Crippen molar-refractivity contribution in [1.29, 1.82) is 0 Å². The molecule has 0 fully saturated rings. The molecular weight excluding hydrogens is 258 g/mol. The number of aromatic nitrogens is 1. The van der Waals surface area contributed by atoms with Crippen molar-refractivity contribution >= 4 is 11.9 Å². The summed E-state index contributed by atoms with van der Waals surface area (Å²) in [5, 5.41) is 19.0. The lowest BCUT2D eigenvalue weighted by Gasteiger charge is -2.01. The molecule has 2 rings (SSSR count). The number of hydrogen-bond donors (Lipinski definition) is 3. The average molecular weight is 271 g/mol. The van der Waals surface area contributed by atoms with Gasteiger partial charge in [-0.3, -0.25) is 9.59 Å². The van der Waals surface area contributed by atoms with Gasteiger partial charge in [0.05, 0.1) is 0 Å². The minimum absolute atomic E-state index is 0.0793. The summed E-state index contributed by atoms with van der Waals surface area (Å²) in [6.07, 6.45) is 2.63. The largest absolute Gasteiger partial charge is 0.508 e. The number of phenolic OH excluding ortho intramolecular Hbond substituents is 1. The molecule has 0 spiro atoms. The van der Waals surface area contributed by atoms with Crippen molar-refractivity contribution < 1.29 is 15.0 Å². The van der Waals surface area contributed by atoms with Gasteiger partial charge in [-0.2, -0.15) is 0 Å². The van der Waals surface area contributed by atoms with Crippen LogP contribution in [0.5, 0.6) is 11.5 Å². The van der Waals surface area contributed by atoms with Crippen molar-refractivity contribution in [3.63, 3.8) is 0 Å². The van der Waals surface area contributed by atoms with Crippen molar-refractivity contribution in [2.75, 3.05) is 0 Å². The molecule has 0 aliphatic heterocycles. The number of aromatic amines is 1. The van der Waals surface area contributed by atoms with Crippen molar-refractivity contribution in [2.45, 2.75) is 6.92 Å². The molecule has 0 saturated heterocycles. The summed E-state index contributed by atoms with van der Waals surface area (Å²) in [5.74, 6) is -0.875. The molecule has 0 atom stereocenters. The number of allylic oxidation sites excluding steroid dienone is 1. The molecule has 1 aromatic heterocycles. The van der Waals surface area contributed by atoms with E-state index in [0.29, 0.717) is 11.3 Å². The molecule has 5 heteroatoms. The number of H-pyrrole nitrogens is 1. The van der Waals surface area contributed by atoms with Gasteiger partial charge in [-0.25, -0.2) is 0 Å². The molecule has 0 bridgehead atoms. The number of phenols is 1. The van der Waals surface area contributed by atoms with Crippen molar-refractivity contribution in [3.8, 4) is 11.5 Å². The first-order valence-corrected chi connectivity index (χ1v) is 5.91. The number of aromatic hydroxyl groups is 2. The van der Waals surface area contributed by atoms with Crippen LogP contribution in [-0.4, -0.2) is 21.0 Å². The molecule has 3 N–H and O–H groups in total. The second-order valence-corrected chi connectivity index (χ2v) is 4.33. The van der Waals surface area contributed by atoms with Crippen LogP contribution in [0.1, 0.15) is 21.6 Å². The number of nitrogens with one attached hydrogen (secondary N) is 1. The Kier molecular flexibility index (Phi) is 3.70. The predicted molar refractivity (Wildman–Crippen MR) is 74.9 cm³/mol. The van der Waals surface area contributed by atoms with E-state index in [1.807, 2.05) is 0 Å². The molecule has 1 aromatic carbocycles. The summed E-state index contributed by atoms with van der Waals surface area (Å²) >= 11 is 0. The Morgan fingerprint density at radius 2 is 2.00 bits per heavy atom. The Labute approximate surface area is 114 Å². The van der Waals surface area contributed by atoms with E-state index in [-0.39, 0.29) is 17.1 Å². The summed E-state index contributed by atoms with van der Waals surface area (Å²) in [4.78, 5) is 26.0. The molecule has 0 aliphatic rings. The van der Waals surface area contributed by atoms with Crippen LogP contribution in [0.15, 0.2) is 41.2 Å². The summed E-state index contributed by atoms with van der Waals surface area (Å²) in [5.41, 5.74) is 0.155. The molecule has 1 heterocycles. The molecule has 2 aromatic rings. The van der Waals surface area contributed by atoms with Crippen LogP contribution in [0, 0.1) is 6.92 Å². The Hall–Kier alpha value is -2.82. The summed E-state index contributed by atoms with van der Waals surface area (Å²) in [7, 11) is 0. The summed E-state index contributed by atoms with van der Waals surface area (Å²) in [6, 6.07) is 7.63. The van der Waals surface area contributed by atoms with Gasteiger partial charge < -0.3 is 15.2 Å². The Morgan fingerprint density at radius 3 is 2.65 bits per heavy atom. The third-order valence-corrected chi connectivity index (χ3v) is 2.69. The zero-order valence-electron chi connectivity index (χ0n) is 10.8. The maximum Gasteiger partial charge on any atom is 0.263 e. The van der Waals surface area contributed by atoms with Gasteiger partial charge in [0, 0.05) is 5.69 Å². The minimum Gasteiger partial charge on any atom is -0.508 e. The predicted octanol–water partition coefficient (Wildman–Crippen LogP) is 1.99. The highest BCUT2D eigenvalue weighted by molar-refractivity contribution is 6.08. The van der Waals surface area contributed by atoms with Crippen LogP contribution < -0.4 is 5.56 Å². The Balaban J connectivity index is 2.32. The van der Waals surface area contributed by atoms with E-state index in [9.17, 15) is 19.8 Å². The highest BCUT2D eigenvalue weighted by atomic mass is 16.3. The quantitative estimate of drug-likeness (QED) is 0.588. The van der Waals surface area contributed by atoms with E-state index in [1.54, 1.807) is 19.1 Å². The number of rotatable bonds is 3. The van der Waals surface area contributed by atoms with Crippen LogP contribution >= 0.6 is 0 Å². The topological polar surface area (TPSA) is 90.4 Å². The van der Waals surface area contributed by atoms with E-state index in [1.165, 1.54) is 30.4 Å². The standard InChI is InChI=1S/C15H13NO4/c1-9-7-13(19)14(15(20)16-9)12(18)6-5-10-3-2-4-11(17)8-10/h2-8,17H,1H3,(H2,16,19,20). The van der Waals surface area contributed by atoms with Gasteiger partial charge >= 0.3 is 0 Å². The molecule has 20 heavy (non-hydrogen) atoms. The summed E-state index contributed by atoms with van der Waals surface area (Å²) < 4.78 is 0. The second kappa shape index (κ2) is 5.44. The SMILES string of the molecule is Cc1cc(O)c(C(=O)C=Cc2cccc(O)c2)c(=O)[nH]1. The van der Waals surface area contributed by atoms with E-state index in [2.05, 4.69) is 4.98 Å². The number of hydrogen-bond acceptors (Lipinski definition) is 4. The van der Waals surface area contributed by atoms with Crippen LogP contribution in [0.3, 0.4) is 0 Å². The lowest BCUT2D eigenvalue weighted by molar-refractivity contribution is 0.104. The van der Waals surface area contributed by atoms with Crippen LogP contribution in [0.2, 0.25) is 0 Å². The lowest BCUT2D eigenvalue weighted by atomic mass is 10.1. The molecule has 0 saturated carbocycles. The zero-order chi connectivity index (χ0) is 14.7. The zero-order valence-corrected chi connectivity index (χ0v) is 10.8. The molecule has 0 amide bonds. The number of benzene rings is 1. The van der Waals surface area contributed by atoms with E-state index < -0.39 is 11.3 Å². The highest BCUT2D eigenvalue weighted by Crippen LogP contribution is 2.16. The molecule has 0 radical (unpaired) electrons. The first kappa shape index (κ1) is 13.6. The van der Waals surface area contributed by atoms with E-state index >= 15 is 0 Å². The van der Waals surface area contributed by atoms with Crippen molar-refractivity contribution in [1.82, 2.24) is 4.98 Å². The second-order valence-electron chi connectivity index (χ2n) is 4.33. The smallest absolute Gasteiger partial charge is 0.263 e. The monoisotopic (exact) mass is 271 g/mol. The Morgan fingerprint density at radius 1 is 1.25 bits per heavy atom. The maximum absolute atomic E-state index is 11.9. The molecule has 0 aliphatic carbocycles. The van der Waals surface area contributed by atoms with Gasteiger partial charge in [-0.05, 0) is 36.8 Å². The van der Waals surface area contributed by atoms with Gasteiger partial charge in [-0.1, -0.05) is 18.2 Å². The third-order valence-electron chi connectivity index (χ3n) is 2.69. The number of aryl methyl sites for hydroxylation is 1. The molecule has 5 nitrogen and oxygen atoms in total.